The third-order valence-corrected chi connectivity index (χ3v) is 3.98. The van der Waals surface area contributed by atoms with Crippen LogP contribution in [0.4, 0.5) is 5.13 Å². The summed E-state index contributed by atoms with van der Waals surface area (Å²) in [7, 11) is 0. The van der Waals surface area contributed by atoms with Gasteiger partial charge in [-0.15, -0.1) is 11.3 Å². The van der Waals surface area contributed by atoms with Crippen LogP contribution in [0.5, 0.6) is 0 Å². The van der Waals surface area contributed by atoms with Crippen LogP contribution < -0.4 is 5.32 Å². The minimum absolute atomic E-state index is 0.613. The molecule has 0 saturated carbocycles. The highest BCUT2D eigenvalue weighted by Crippen LogP contribution is 2.27. The van der Waals surface area contributed by atoms with E-state index in [-0.39, 0.29) is 0 Å². The van der Waals surface area contributed by atoms with Crippen molar-refractivity contribution in [3.63, 3.8) is 0 Å². The van der Waals surface area contributed by atoms with Crippen LogP contribution in [-0.2, 0) is 10.2 Å². The van der Waals surface area contributed by atoms with Gasteiger partial charge < -0.3 is 10.4 Å². The summed E-state index contributed by atoms with van der Waals surface area (Å²) in [6.45, 7) is 4.21. The van der Waals surface area contributed by atoms with Gasteiger partial charge in [0, 0.05) is 11.9 Å². The van der Waals surface area contributed by atoms with Gasteiger partial charge in [0.2, 0.25) is 0 Å². The highest BCUT2D eigenvalue weighted by Gasteiger charge is 2.32. The fraction of sp³-hybridized carbons (Fsp3) is 0.636. The molecule has 4 nitrogen and oxygen atoms in total. The third kappa shape index (κ3) is 3.89. The Morgan fingerprint density at radius 1 is 1.65 bits per heavy atom. The maximum atomic E-state index is 11.1. The van der Waals surface area contributed by atoms with Crippen LogP contribution in [0, 0.1) is 0 Å². The van der Waals surface area contributed by atoms with Crippen LogP contribution in [0.3, 0.4) is 0 Å². The van der Waals surface area contributed by atoms with E-state index in [0.717, 1.165) is 23.8 Å². The molecule has 1 aromatic rings. The number of carboxylic acids is 1. The second-order valence-electron chi connectivity index (χ2n) is 4.24. The van der Waals surface area contributed by atoms with E-state index in [1.54, 1.807) is 13.8 Å². The number of thiazole rings is 1. The molecule has 0 fully saturated rings. The SMILES string of the molecule is CSCCCNc1nc(C(C)(C)C(=O)O)cs1. The lowest BCUT2D eigenvalue weighted by atomic mass is 9.90. The van der Waals surface area contributed by atoms with E-state index in [9.17, 15) is 4.79 Å². The van der Waals surface area contributed by atoms with Crippen LogP contribution in [0.25, 0.3) is 0 Å². The van der Waals surface area contributed by atoms with Crippen molar-refractivity contribution in [2.45, 2.75) is 25.7 Å². The molecule has 96 valence electrons. The summed E-state index contributed by atoms with van der Waals surface area (Å²) < 4.78 is 0. The lowest BCUT2D eigenvalue weighted by Crippen LogP contribution is -2.28. The second-order valence-corrected chi connectivity index (χ2v) is 6.08. The molecule has 0 saturated heterocycles. The van der Waals surface area contributed by atoms with Crippen molar-refractivity contribution in [2.75, 3.05) is 23.9 Å². The smallest absolute Gasteiger partial charge is 0.315 e. The van der Waals surface area contributed by atoms with Crippen molar-refractivity contribution in [3.8, 4) is 0 Å². The van der Waals surface area contributed by atoms with Gasteiger partial charge in [-0.1, -0.05) is 0 Å². The predicted molar refractivity (Wildman–Crippen MR) is 74.3 cm³/mol. The first-order chi connectivity index (χ1) is 7.98. The number of aromatic nitrogens is 1. The molecular weight excluding hydrogens is 256 g/mol. The Labute approximate surface area is 110 Å². The second kappa shape index (κ2) is 6.26. The average molecular weight is 274 g/mol. The number of hydrogen-bond donors (Lipinski definition) is 2. The molecule has 1 aromatic heterocycles. The molecule has 0 bridgehead atoms. The maximum Gasteiger partial charge on any atom is 0.315 e. The monoisotopic (exact) mass is 274 g/mol. The molecule has 17 heavy (non-hydrogen) atoms. The van der Waals surface area contributed by atoms with Gasteiger partial charge in [0.1, 0.15) is 5.41 Å². The lowest BCUT2D eigenvalue weighted by Gasteiger charge is -2.15. The topological polar surface area (TPSA) is 62.2 Å². The van der Waals surface area contributed by atoms with Crippen molar-refractivity contribution in [1.29, 1.82) is 0 Å². The quantitative estimate of drug-likeness (QED) is 0.749. The van der Waals surface area contributed by atoms with E-state index < -0.39 is 11.4 Å². The first kappa shape index (κ1) is 14.3. The van der Waals surface area contributed by atoms with Crippen LogP contribution in [0.2, 0.25) is 0 Å². The molecule has 1 heterocycles. The highest BCUT2D eigenvalue weighted by molar-refractivity contribution is 7.98. The number of aliphatic carboxylic acids is 1. The summed E-state index contributed by atoms with van der Waals surface area (Å²) in [5.41, 5.74) is -0.308. The molecule has 0 atom stereocenters. The van der Waals surface area contributed by atoms with Crippen molar-refractivity contribution in [3.05, 3.63) is 11.1 Å². The minimum atomic E-state index is -0.921. The van der Waals surface area contributed by atoms with E-state index in [1.807, 2.05) is 17.1 Å². The molecule has 2 N–H and O–H groups in total. The number of nitrogens with zero attached hydrogens (tertiary/aromatic N) is 1. The average Bonchev–Trinajstić information content (AvgIpc) is 2.73. The van der Waals surface area contributed by atoms with Crippen molar-refractivity contribution >= 4 is 34.2 Å². The first-order valence-corrected chi connectivity index (χ1v) is 7.68. The van der Waals surface area contributed by atoms with Crippen molar-refractivity contribution < 1.29 is 9.90 Å². The highest BCUT2D eigenvalue weighted by atomic mass is 32.2. The molecule has 0 amide bonds. The van der Waals surface area contributed by atoms with Crippen molar-refractivity contribution in [1.82, 2.24) is 4.98 Å². The molecule has 0 unspecified atom stereocenters. The Hall–Kier alpha value is -0.750. The summed E-state index contributed by atoms with van der Waals surface area (Å²) >= 11 is 3.27. The molecule has 0 radical (unpaired) electrons. The van der Waals surface area contributed by atoms with Crippen molar-refractivity contribution in [2.24, 2.45) is 0 Å². The molecular formula is C11H18N2O2S2. The fourth-order valence-corrected chi connectivity index (χ4v) is 2.50. The molecule has 0 aliphatic rings. The molecule has 0 aliphatic heterocycles. The van der Waals surface area contributed by atoms with Crippen LogP contribution >= 0.6 is 23.1 Å². The van der Waals surface area contributed by atoms with Gasteiger partial charge in [-0.3, -0.25) is 4.79 Å². The number of nitrogens with one attached hydrogen (secondary N) is 1. The fourth-order valence-electron chi connectivity index (χ4n) is 1.16. The summed E-state index contributed by atoms with van der Waals surface area (Å²) in [5, 5.41) is 14.9. The molecule has 0 aliphatic carbocycles. The summed E-state index contributed by atoms with van der Waals surface area (Å²) in [5.74, 6) is 0.267. The van der Waals surface area contributed by atoms with Gasteiger partial charge in [-0.05, 0) is 32.3 Å². The number of rotatable bonds is 7. The number of anilines is 1. The number of carboxylic acid groups (broad SMARTS) is 1. The molecule has 0 spiro atoms. The summed E-state index contributed by atoms with van der Waals surface area (Å²) in [6.07, 6.45) is 3.16. The maximum absolute atomic E-state index is 11.1. The Morgan fingerprint density at radius 2 is 2.35 bits per heavy atom. The van der Waals surface area contributed by atoms with Gasteiger partial charge in [-0.2, -0.15) is 11.8 Å². The Balaban J connectivity index is 2.56. The summed E-state index contributed by atoms with van der Waals surface area (Å²) in [6, 6.07) is 0. The van der Waals surface area contributed by atoms with Gasteiger partial charge in [0.25, 0.3) is 0 Å². The van der Waals surface area contributed by atoms with E-state index >= 15 is 0 Å². The number of hydrogen-bond acceptors (Lipinski definition) is 5. The van der Waals surface area contributed by atoms with Gasteiger partial charge in [-0.25, -0.2) is 4.98 Å². The normalized spacial score (nSPS) is 11.5. The zero-order valence-corrected chi connectivity index (χ0v) is 12.0. The van der Waals surface area contributed by atoms with E-state index in [4.69, 9.17) is 5.11 Å². The largest absolute Gasteiger partial charge is 0.481 e. The van der Waals surface area contributed by atoms with Gasteiger partial charge in [0.15, 0.2) is 5.13 Å². The minimum Gasteiger partial charge on any atom is -0.481 e. The zero-order valence-electron chi connectivity index (χ0n) is 10.3. The summed E-state index contributed by atoms with van der Waals surface area (Å²) in [4.78, 5) is 15.4. The zero-order chi connectivity index (χ0) is 12.9. The molecule has 6 heteroatoms. The van der Waals surface area contributed by atoms with E-state index in [1.165, 1.54) is 11.3 Å². The van der Waals surface area contributed by atoms with Gasteiger partial charge >= 0.3 is 5.97 Å². The Morgan fingerprint density at radius 3 is 2.94 bits per heavy atom. The van der Waals surface area contributed by atoms with Gasteiger partial charge in [0.05, 0.1) is 5.69 Å². The Kier molecular flexibility index (Phi) is 5.27. The van der Waals surface area contributed by atoms with Crippen LogP contribution in [0.1, 0.15) is 26.0 Å². The predicted octanol–water partition coefficient (Wildman–Crippen LogP) is 2.67. The first-order valence-electron chi connectivity index (χ1n) is 5.40. The van der Waals surface area contributed by atoms with Crippen LogP contribution in [-0.4, -0.2) is 34.6 Å². The molecule has 1 rings (SSSR count). The standard InChI is InChI=1S/C11H18N2O2S2/c1-11(2,9(14)15)8-7-17-10(13-8)12-5-4-6-16-3/h7H,4-6H2,1-3H3,(H,12,13)(H,14,15). The Bertz CT molecular complexity index is 377. The van der Waals surface area contributed by atoms with Crippen LogP contribution in [0.15, 0.2) is 5.38 Å². The number of carbonyl (C=O) groups is 1. The third-order valence-electron chi connectivity index (χ3n) is 2.48. The molecule has 0 aromatic carbocycles. The van der Waals surface area contributed by atoms with E-state index in [2.05, 4.69) is 16.6 Å². The number of thioether (sulfide) groups is 1. The lowest BCUT2D eigenvalue weighted by molar-refractivity contribution is -0.142. The van der Waals surface area contributed by atoms with E-state index in [0.29, 0.717) is 5.69 Å².